The molecule has 0 saturated heterocycles. The molecule has 1 unspecified atom stereocenters. The molecule has 0 aromatic heterocycles. The van der Waals surface area contributed by atoms with E-state index in [1.54, 1.807) is 26.2 Å². The maximum absolute atomic E-state index is 11.7. The third kappa shape index (κ3) is 3.64. The van der Waals surface area contributed by atoms with E-state index in [0.717, 1.165) is 0 Å². The van der Waals surface area contributed by atoms with Gasteiger partial charge in [-0.15, -0.1) is 0 Å². The van der Waals surface area contributed by atoms with E-state index in [1.807, 2.05) is 0 Å². The van der Waals surface area contributed by atoms with Crippen molar-refractivity contribution in [3.63, 3.8) is 0 Å². The summed E-state index contributed by atoms with van der Waals surface area (Å²) in [5, 5.41) is 0. The number of nitrogen functional groups attached to an aromatic ring is 1. The Morgan fingerprint density at radius 2 is 2.12 bits per heavy atom. The Bertz CT molecular complexity index is 392. The maximum Gasteiger partial charge on any atom is 0.338 e. The van der Waals surface area contributed by atoms with E-state index in [-0.39, 0.29) is 6.10 Å². The minimum absolute atomic E-state index is 0.296. The number of hydrogen-bond donors (Lipinski definition) is 1. The third-order valence-electron chi connectivity index (χ3n) is 2.18. The Hall–Kier alpha value is -1.75. The summed E-state index contributed by atoms with van der Waals surface area (Å²) in [7, 11) is 3.07. The predicted octanol–water partition coefficient (Wildman–Crippen LogP) is 1.47. The first kappa shape index (κ1) is 13.3. The van der Waals surface area contributed by atoms with Gasteiger partial charge in [0.2, 0.25) is 0 Å². The van der Waals surface area contributed by atoms with E-state index in [1.165, 1.54) is 13.2 Å². The fourth-order valence-electron chi connectivity index (χ4n) is 1.38. The minimum Gasteiger partial charge on any atom is -0.495 e. The van der Waals surface area contributed by atoms with Crippen LogP contribution >= 0.6 is 0 Å². The van der Waals surface area contributed by atoms with Crippen LogP contribution in [-0.2, 0) is 9.47 Å². The number of hydrogen-bond acceptors (Lipinski definition) is 5. The molecule has 0 fully saturated rings. The Kier molecular flexibility index (Phi) is 4.78. The zero-order chi connectivity index (χ0) is 12.8. The first-order valence-electron chi connectivity index (χ1n) is 5.22. The van der Waals surface area contributed by atoms with Crippen molar-refractivity contribution in [3.05, 3.63) is 23.8 Å². The number of rotatable bonds is 5. The molecule has 5 nitrogen and oxygen atoms in total. The highest BCUT2D eigenvalue weighted by Gasteiger charge is 2.13. The molecule has 2 N–H and O–H groups in total. The number of methoxy groups -OCH3 is 2. The molecule has 94 valence electrons. The van der Waals surface area contributed by atoms with Crippen LogP contribution in [0.2, 0.25) is 0 Å². The second-order valence-corrected chi connectivity index (χ2v) is 3.63. The van der Waals surface area contributed by atoms with Gasteiger partial charge in [-0.1, -0.05) is 0 Å². The second-order valence-electron chi connectivity index (χ2n) is 3.63. The molecule has 5 heteroatoms. The van der Waals surface area contributed by atoms with Gasteiger partial charge in [-0.2, -0.15) is 0 Å². The molecule has 0 saturated carbocycles. The molecule has 0 aliphatic rings. The molecule has 1 rings (SSSR count). The van der Waals surface area contributed by atoms with Crippen LogP contribution in [0.4, 0.5) is 5.69 Å². The van der Waals surface area contributed by atoms with Gasteiger partial charge in [-0.05, 0) is 25.1 Å². The zero-order valence-corrected chi connectivity index (χ0v) is 10.2. The molecule has 0 amide bonds. The Labute approximate surface area is 100 Å². The molecule has 0 aliphatic heterocycles. The van der Waals surface area contributed by atoms with E-state index in [4.69, 9.17) is 19.9 Å². The molecule has 1 aromatic rings. The van der Waals surface area contributed by atoms with Crippen LogP contribution in [0.3, 0.4) is 0 Å². The van der Waals surface area contributed by atoms with Crippen molar-refractivity contribution in [1.82, 2.24) is 0 Å². The van der Waals surface area contributed by atoms with E-state index < -0.39 is 5.97 Å². The highest BCUT2D eigenvalue weighted by Crippen LogP contribution is 2.22. The summed E-state index contributed by atoms with van der Waals surface area (Å²) < 4.78 is 15.0. The summed E-state index contributed by atoms with van der Waals surface area (Å²) in [5.74, 6) is 0.107. The third-order valence-corrected chi connectivity index (χ3v) is 2.18. The molecule has 0 radical (unpaired) electrons. The normalized spacial score (nSPS) is 11.9. The molecule has 0 spiro atoms. The predicted molar refractivity (Wildman–Crippen MR) is 64.2 cm³/mol. The van der Waals surface area contributed by atoms with Crippen molar-refractivity contribution in [2.45, 2.75) is 13.0 Å². The van der Waals surface area contributed by atoms with Crippen molar-refractivity contribution in [2.24, 2.45) is 0 Å². The SMILES string of the molecule is COCC(C)OC(=O)c1ccc(OC)c(N)c1. The Morgan fingerprint density at radius 3 is 2.65 bits per heavy atom. The lowest BCUT2D eigenvalue weighted by Crippen LogP contribution is -2.19. The van der Waals surface area contributed by atoms with Gasteiger partial charge in [0.05, 0.1) is 25.0 Å². The smallest absolute Gasteiger partial charge is 0.338 e. The molecule has 17 heavy (non-hydrogen) atoms. The first-order chi connectivity index (χ1) is 8.08. The largest absolute Gasteiger partial charge is 0.495 e. The standard InChI is InChI=1S/C12H17NO4/c1-8(7-15-2)17-12(14)9-4-5-11(16-3)10(13)6-9/h4-6,8H,7,13H2,1-3H3. The average molecular weight is 239 g/mol. The molecular formula is C12H17NO4. The van der Waals surface area contributed by atoms with Gasteiger partial charge in [-0.25, -0.2) is 4.79 Å². The van der Waals surface area contributed by atoms with Crippen LogP contribution in [0.5, 0.6) is 5.75 Å². The van der Waals surface area contributed by atoms with Gasteiger partial charge in [0, 0.05) is 7.11 Å². The summed E-state index contributed by atoms with van der Waals surface area (Å²) in [6, 6.07) is 4.77. The quantitative estimate of drug-likeness (QED) is 0.622. The molecular weight excluding hydrogens is 222 g/mol. The summed E-state index contributed by atoms with van der Waals surface area (Å²) >= 11 is 0. The van der Waals surface area contributed by atoms with Gasteiger partial charge in [0.15, 0.2) is 0 Å². The summed E-state index contributed by atoms with van der Waals surface area (Å²) in [6.07, 6.45) is -0.296. The summed E-state index contributed by atoms with van der Waals surface area (Å²) in [5.41, 5.74) is 6.50. The molecule has 0 aliphatic carbocycles. The lowest BCUT2D eigenvalue weighted by molar-refractivity contribution is 0.0120. The van der Waals surface area contributed by atoms with Crippen molar-refractivity contribution in [1.29, 1.82) is 0 Å². The van der Waals surface area contributed by atoms with Gasteiger partial charge < -0.3 is 19.9 Å². The van der Waals surface area contributed by atoms with Crippen molar-refractivity contribution < 1.29 is 19.0 Å². The lowest BCUT2D eigenvalue weighted by atomic mass is 10.2. The first-order valence-corrected chi connectivity index (χ1v) is 5.22. The number of benzene rings is 1. The maximum atomic E-state index is 11.7. The van der Waals surface area contributed by atoms with Crippen molar-refractivity contribution in [2.75, 3.05) is 26.6 Å². The van der Waals surface area contributed by atoms with Gasteiger partial charge in [-0.3, -0.25) is 0 Å². The Morgan fingerprint density at radius 1 is 1.41 bits per heavy atom. The summed E-state index contributed by atoms with van der Waals surface area (Å²) in [6.45, 7) is 2.12. The number of carbonyl (C=O) groups excluding carboxylic acids is 1. The highest BCUT2D eigenvalue weighted by molar-refractivity contribution is 5.91. The van der Waals surface area contributed by atoms with Crippen molar-refractivity contribution >= 4 is 11.7 Å². The monoisotopic (exact) mass is 239 g/mol. The van der Waals surface area contributed by atoms with Crippen LogP contribution in [-0.4, -0.2) is 32.9 Å². The molecule has 0 heterocycles. The van der Waals surface area contributed by atoms with E-state index in [2.05, 4.69) is 0 Å². The van der Waals surface area contributed by atoms with Crippen LogP contribution in [0.25, 0.3) is 0 Å². The van der Waals surface area contributed by atoms with Crippen LogP contribution in [0, 0.1) is 0 Å². The minimum atomic E-state index is -0.427. The fourth-order valence-corrected chi connectivity index (χ4v) is 1.38. The molecule has 0 bridgehead atoms. The van der Waals surface area contributed by atoms with Crippen LogP contribution in [0.1, 0.15) is 17.3 Å². The zero-order valence-electron chi connectivity index (χ0n) is 10.2. The van der Waals surface area contributed by atoms with E-state index in [9.17, 15) is 4.79 Å². The van der Waals surface area contributed by atoms with E-state index in [0.29, 0.717) is 23.6 Å². The number of anilines is 1. The van der Waals surface area contributed by atoms with Gasteiger partial charge in [0.1, 0.15) is 11.9 Å². The highest BCUT2D eigenvalue weighted by atomic mass is 16.6. The fraction of sp³-hybridized carbons (Fsp3) is 0.417. The van der Waals surface area contributed by atoms with Gasteiger partial charge in [0.25, 0.3) is 0 Å². The second kappa shape index (κ2) is 6.10. The van der Waals surface area contributed by atoms with Gasteiger partial charge >= 0.3 is 5.97 Å². The Balaban J connectivity index is 2.72. The topological polar surface area (TPSA) is 70.8 Å². The molecule has 1 aromatic carbocycles. The van der Waals surface area contributed by atoms with E-state index >= 15 is 0 Å². The number of ether oxygens (including phenoxy) is 3. The van der Waals surface area contributed by atoms with Crippen LogP contribution in [0.15, 0.2) is 18.2 Å². The average Bonchev–Trinajstić information content (AvgIpc) is 2.29. The number of esters is 1. The summed E-state index contributed by atoms with van der Waals surface area (Å²) in [4.78, 5) is 11.7. The van der Waals surface area contributed by atoms with Crippen molar-refractivity contribution in [3.8, 4) is 5.75 Å². The lowest BCUT2D eigenvalue weighted by Gasteiger charge is -2.12. The molecule has 1 atom stereocenters. The number of carbonyl (C=O) groups is 1. The number of nitrogens with two attached hydrogens (primary N) is 1. The van der Waals surface area contributed by atoms with Crippen LogP contribution < -0.4 is 10.5 Å².